The van der Waals surface area contributed by atoms with Crippen LogP contribution in [0.4, 0.5) is 0 Å². The summed E-state index contributed by atoms with van der Waals surface area (Å²) in [6, 6.07) is 2.72. The topological polar surface area (TPSA) is 37.3 Å². The summed E-state index contributed by atoms with van der Waals surface area (Å²) in [7, 11) is 0. The minimum absolute atomic E-state index is 0.205. The van der Waals surface area contributed by atoms with Gasteiger partial charge in [0, 0.05) is 43.6 Å². The van der Waals surface area contributed by atoms with Gasteiger partial charge in [-0.2, -0.15) is 0 Å². The molecule has 0 bridgehead atoms. The number of hydrogen-bond donors (Lipinski definition) is 1. The van der Waals surface area contributed by atoms with E-state index in [1.54, 1.807) is 0 Å². The van der Waals surface area contributed by atoms with Gasteiger partial charge in [0.2, 0.25) is 0 Å². The molecular weight excluding hydrogens is 226 g/mol. The molecule has 0 unspecified atom stereocenters. The Hall–Kier alpha value is -1.29. The van der Waals surface area contributed by atoms with Crippen LogP contribution in [0.1, 0.15) is 40.6 Å². The molecule has 1 aromatic heterocycles. The molecule has 2 heterocycles. The molecule has 0 atom stereocenters. The normalized spacial score (nSPS) is 20.2. The van der Waals surface area contributed by atoms with Gasteiger partial charge in [-0.05, 0) is 32.8 Å². The summed E-state index contributed by atoms with van der Waals surface area (Å²) < 4.78 is 2.34. The standard InChI is InChI=1S/C14H21N3O/c1-10-9-13(11(2)17(10)12-3-4-12)14(18)16-7-5-15-6-8-16/h9,12,15H,3-8H2,1-2H3. The molecule has 1 aliphatic carbocycles. The van der Waals surface area contributed by atoms with Gasteiger partial charge in [0.05, 0.1) is 5.56 Å². The van der Waals surface area contributed by atoms with E-state index in [0.29, 0.717) is 6.04 Å². The van der Waals surface area contributed by atoms with Gasteiger partial charge in [-0.1, -0.05) is 0 Å². The minimum atomic E-state index is 0.205. The molecule has 3 rings (SSSR count). The third-order valence-electron chi connectivity index (χ3n) is 4.03. The van der Waals surface area contributed by atoms with E-state index in [1.807, 2.05) is 4.90 Å². The Morgan fingerprint density at radius 2 is 1.94 bits per heavy atom. The fourth-order valence-corrected chi connectivity index (χ4v) is 2.93. The van der Waals surface area contributed by atoms with Crippen molar-refractivity contribution in [3.05, 3.63) is 23.0 Å². The van der Waals surface area contributed by atoms with E-state index in [-0.39, 0.29) is 5.91 Å². The zero-order chi connectivity index (χ0) is 12.7. The number of nitrogens with one attached hydrogen (secondary N) is 1. The van der Waals surface area contributed by atoms with Crippen LogP contribution in [0.25, 0.3) is 0 Å². The number of hydrogen-bond acceptors (Lipinski definition) is 2. The molecule has 18 heavy (non-hydrogen) atoms. The Balaban J connectivity index is 1.87. The number of rotatable bonds is 2. The Labute approximate surface area is 108 Å². The van der Waals surface area contributed by atoms with Crippen molar-refractivity contribution in [2.75, 3.05) is 26.2 Å². The molecule has 1 saturated heterocycles. The molecule has 2 fully saturated rings. The van der Waals surface area contributed by atoms with Crippen LogP contribution in [-0.4, -0.2) is 41.6 Å². The maximum absolute atomic E-state index is 12.5. The summed E-state index contributed by atoms with van der Waals surface area (Å²) in [6.07, 6.45) is 2.52. The first-order chi connectivity index (χ1) is 8.68. The predicted octanol–water partition coefficient (Wildman–Crippen LogP) is 1.49. The van der Waals surface area contributed by atoms with Crippen LogP contribution >= 0.6 is 0 Å². The number of nitrogens with zero attached hydrogens (tertiary/aromatic N) is 2. The number of aryl methyl sites for hydroxylation is 1. The molecule has 4 heteroatoms. The fraction of sp³-hybridized carbons (Fsp3) is 0.643. The molecule has 1 aliphatic heterocycles. The van der Waals surface area contributed by atoms with E-state index in [4.69, 9.17) is 0 Å². The molecule has 0 aromatic carbocycles. The van der Waals surface area contributed by atoms with Gasteiger partial charge in [-0.15, -0.1) is 0 Å². The molecule has 1 aromatic rings. The van der Waals surface area contributed by atoms with E-state index < -0.39 is 0 Å². The predicted molar refractivity (Wildman–Crippen MR) is 71.0 cm³/mol. The minimum Gasteiger partial charge on any atom is -0.345 e. The van der Waals surface area contributed by atoms with Crippen molar-refractivity contribution in [2.24, 2.45) is 0 Å². The summed E-state index contributed by atoms with van der Waals surface area (Å²) in [5.41, 5.74) is 3.29. The Morgan fingerprint density at radius 1 is 1.28 bits per heavy atom. The van der Waals surface area contributed by atoms with Gasteiger partial charge >= 0.3 is 0 Å². The van der Waals surface area contributed by atoms with Crippen molar-refractivity contribution in [3.8, 4) is 0 Å². The Bertz CT molecular complexity index is 468. The molecule has 0 spiro atoms. The lowest BCUT2D eigenvalue weighted by molar-refractivity contribution is 0.0735. The van der Waals surface area contributed by atoms with Crippen LogP contribution in [0.3, 0.4) is 0 Å². The third kappa shape index (κ3) is 1.94. The van der Waals surface area contributed by atoms with Gasteiger partial charge in [0.1, 0.15) is 0 Å². The largest absolute Gasteiger partial charge is 0.345 e. The third-order valence-corrected chi connectivity index (χ3v) is 4.03. The molecule has 2 aliphatic rings. The zero-order valence-electron chi connectivity index (χ0n) is 11.2. The molecule has 4 nitrogen and oxygen atoms in total. The first kappa shape index (κ1) is 11.8. The molecule has 0 radical (unpaired) electrons. The average molecular weight is 247 g/mol. The van der Waals surface area contributed by atoms with Crippen molar-refractivity contribution in [3.63, 3.8) is 0 Å². The number of carbonyl (C=O) groups excluding carboxylic acids is 1. The van der Waals surface area contributed by atoms with Crippen molar-refractivity contribution in [2.45, 2.75) is 32.7 Å². The second-order valence-electron chi connectivity index (χ2n) is 5.43. The quantitative estimate of drug-likeness (QED) is 0.859. The summed E-state index contributed by atoms with van der Waals surface area (Å²) in [5, 5.41) is 3.28. The number of amides is 1. The fourth-order valence-electron chi connectivity index (χ4n) is 2.93. The van der Waals surface area contributed by atoms with Gasteiger partial charge < -0.3 is 14.8 Å². The van der Waals surface area contributed by atoms with Crippen LogP contribution in [-0.2, 0) is 0 Å². The second-order valence-corrected chi connectivity index (χ2v) is 5.43. The van der Waals surface area contributed by atoms with Gasteiger partial charge in [0.15, 0.2) is 0 Å². The van der Waals surface area contributed by atoms with E-state index in [2.05, 4.69) is 29.8 Å². The average Bonchev–Trinajstić information content (AvgIpc) is 3.16. The highest BCUT2D eigenvalue weighted by atomic mass is 16.2. The van der Waals surface area contributed by atoms with Crippen LogP contribution in [0, 0.1) is 13.8 Å². The SMILES string of the molecule is Cc1cc(C(=O)N2CCNCC2)c(C)n1C1CC1. The molecule has 1 N–H and O–H groups in total. The van der Waals surface area contributed by atoms with E-state index in [0.717, 1.165) is 37.4 Å². The van der Waals surface area contributed by atoms with Crippen molar-refractivity contribution >= 4 is 5.91 Å². The van der Waals surface area contributed by atoms with Gasteiger partial charge in [-0.3, -0.25) is 4.79 Å². The number of aromatic nitrogens is 1. The zero-order valence-corrected chi connectivity index (χ0v) is 11.2. The lowest BCUT2D eigenvalue weighted by Crippen LogP contribution is -2.46. The maximum atomic E-state index is 12.5. The molecule has 1 saturated carbocycles. The highest BCUT2D eigenvalue weighted by Crippen LogP contribution is 2.38. The van der Waals surface area contributed by atoms with Crippen molar-refractivity contribution in [1.29, 1.82) is 0 Å². The Kier molecular flexibility index (Phi) is 2.90. The van der Waals surface area contributed by atoms with Gasteiger partial charge in [0.25, 0.3) is 5.91 Å². The lowest BCUT2D eigenvalue weighted by Gasteiger charge is -2.27. The highest BCUT2D eigenvalue weighted by Gasteiger charge is 2.29. The van der Waals surface area contributed by atoms with Crippen molar-refractivity contribution < 1.29 is 4.79 Å². The van der Waals surface area contributed by atoms with Crippen LogP contribution < -0.4 is 5.32 Å². The lowest BCUT2D eigenvalue weighted by atomic mass is 10.2. The monoisotopic (exact) mass is 247 g/mol. The summed E-state index contributed by atoms with van der Waals surface area (Å²) in [4.78, 5) is 14.5. The van der Waals surface area contributed by atoms with E-state index in [9.17, 15) is 4.79 Å². The molecular formula is C14H21N3O. The smallest absolute Gasteiger partial charge is 0.255 e. The summed E-state index contributed by atoms with van der Waals surface area (Å²) in [5.74, 6) is 0.205. The maximum Gasteiger partial charge on any atom is 0.255 e. The summed E-state index contributed by atoms with van der Waals surface area (Å²) in [6.45, 7) is 7.67. The van der Waals surface area contributed by atoms with Crippen molar-refractivity contribution in [1.82, 2.24) is 14.8 Å². The second kappa shape index (κ2) is 4.43. The van der Waals surface area contributed by atoms with Crippen LogP contribution in [0.15, 0.2) is 6.07 Å². The first-order valence-electron chi connectivity index (χ1n) is 6.87. The van der Waals surface area contributed by atoms with Gasteiger partial charge in [-0.25, -0.2) is 0 Å². The van der Waals surface area contributed by atoms with E-state index >= 15 is 0 Å². The number of piperazine rings is 1. The molecule has 1 amide bonds. The van der Waals surface area contributed by atoms with Crippen LogP contribution in [0.2, 0.25) is 0 Å². The highest BCUT2D eigenvalue weighted by molar-refractivity contribution is 5.95. The molecule has 98 valence electrons. The Morgan fingerprint density at radius 3 is 2.56 bits per heavy atom. The first-order valence-corrected chi connectivity index (χ1v) is 6.87. The summed E-state index contributed by atoms with van der Waals surface area (Å²) >= 11 is 0. The van der Waals surface area contributed by atoms with Crippen LogP contribution in [0.5, 0.6) is 0 Å². The van der Waals surface area contributed by atoms with E-state index in [1.165, 1.54) is 18.5 Å². The number of carbonyl (C=O) groups is 1.